The van der Waals surface area contributed by atoms with Crippen LogP contribution in [-0.4, -0.2) is 46.6 Å². The van der Waals surface area contributed by atoms with Crippen LogP contribution in [0.2, 0.25) is 0 Å². The Morgan fingerprint density at radius 3 is 2.85 bits per heavy atom. The summed E-state index contributed by atoms with van der Waals surface area (Å²) in [6.45, 7) is 4.41. The molecule has 0 aliphatic carbocycles. The van der Waals surface area contributed by atoms with E-state index in [9.17, 15) is 0 Å². The van der Waals surface area contributed by atoms with Crippen LogP contribution in [-0.2, 0) is 9.47 Å². The van der Waals surface area contributed by atoms with Crippen molar-refractivity contribution in [2.45, 2.75) is 114 Å². The summed E-state index contributed by atoms with van der Waals surface area (Å²) in [6, 6.07) is 1.14. The summed E-state index contributed by atoms with van der Waals surface area (Å²) >= 11 is 0. The Kier molecular flexibility index (Phi) is 4.09. The molecule has 0 unspecified atom stereocenters. The monoisotopic (exact) mass is 359 g/mol. The van der Waals surface area contributed by atoms with Gasteiger partial charge in [-0.1, -0.05) is 19.1 Å². The van der Waals surface area contributed by atoms with Crippen molar-refractivity contribution in [3.8, 4) is 0 Å². The summed E-state index contributed by atoms with van der Waals surface area (Å²) in [6.07, 6.45) is 16.3. The summed E-state index contributed by atoms with van der Waals surface area (Å²) in [5, 5.41) is 3.78. The van der Waals surface area contributed by atoms with Gasteiger partial charge in [-0.15, -0.1) is 0 Å². The van der Waals surface area contributed by atoms with Gasteiger partial charge >= 0.3 is 0 Å². The van der Waals surface area contributed by atoms with Crippen LogP contribution in [0.1, 0.15) is 78.1 Å². The molecule has 0 bridgehead atoms. The quantitative estimate of drug-likeness (QED) is 0.725. The third-order valence-electron chi connectivity index (χ3n) is 7.08. The highest BCUT2D eigenvalue weighted by Crippen LogP contribution is 2.46. The lowest BCUT2D eigenvalue weighted by atomic mass is 9.90. The summed E-state index contributed by atoms with van der Waals surface area (Å²) < 4.78 is 13.1. The molecule has 0 amide bonds. The SMILES string of the molecule is CC[C@@H]1C=CCC[C@]2(C[C@H]3CC[C@H]4C[C@@]5(CCC[C@H](C)O5)NC(=N2)N34)O1. The Hall–Kier alpha value is -1.07. The second kappa shape index (κ2) is 6.23. The van der Waals surface area contributed by atoms with Crippen LogP contribution in [0.3, 0.4) is 0 Å². The Labute approximate surface area is 157 Å². The van der Waals surface area contributed by atoms with E-state index < -0.39 is 0 Å². The largest absolute Gasteiger partial charge is 0.353 e. The van der Waals surface area contributed by atoms with Crippen molar-refractivity contribution in [1.29, 1.82) is 0 Å². The van der Waals surface area contributed by atoms with Crippen LogP contribution < -0.4 is 5.32 Å². The molecular weight excluding hydrogens is 326 g/mol. The van der Waals surface area contributed by atoms with E-state index in [-0.39, 0.29) is 17.6 Å². The number of aliphatic imine (C=N–C) groups is 1. The van der Waals surface area contributed by atoms with E-state index in [1.807, 2.05) is 0 Å². The molecule has 0 aromatic carbocycles. The maximum absolute atomic E-state index is 6.60. The minimum absolute atomic E-state index is 0.189. The van der Waals surface area contributed by atoms with Gasteiger partial charge in [0.25, 0.3) is 0 Å². The zero-order chi connectivity index (χ0) is 17.8. The highest BCUT2D eigenvalue weighted by Gasteiger charge is 2.54. The Bertz CT molecular complexity index is 620. The summed E-state index contributed by atoms with van der Waals surface area (Å²) in [5.41, 5.74) is -0.570. The van der Waals surface area contributed by atoms with Crippen LogP contribution in [0.25, 0.3) is 0 Å². The van der Waals surface area contributed by atoms with Crippen molar-refractivity contribution in [3.63, 3.8) is 0 Å². The van der Waals surface area contributed by atoms with Gasteiger partial charge in [0.15, 0.2) is 11.7 Å². The smallest absolute Gasteiger partial charge is 0.199 e. The van der Waals surface area contributed by atoms with E-state index in [1.165, 1.54) is 25.7 Å². The fraction of sp³-hybridized carbons (Fsp3) is 0.857. The van der Waals surface area contributed by atoms with E-state index >= 15 is 0 Å². The van der Waals surface area contributed by atoms with Gasteiger partial charge < -0.3 is 19.7 Å². The third-order valence-corrected chi connectivity index (χ3v) is 7.08. The number of nitrogens with one attached hydrogen (secondary N) is 1. The average Bonchev–Trinajstić information content (AvgIpc) is 2.89. The highest BCUT2D eigenvalue weighted by atomic mass is 16.5. The Morgan fingerprint density at radius 1 is 1.19 bits per heavy atom. The summed E-state index contributed by atoms with van der Waals surface area (Å²) in [7, 11) is 0. The van der Waals surface area contributed by atoms with Crippen molar-refractivity contribution in [2.24, 2.45) is 4.99 Å². The lowest BCUT2D eigenvalue weighted by Gasteiger charge is -2.53. The maximum Gasteiger partial charge on any atom is 0.199 e. The molecule has 6 atom stereocenters. The van der Waals surface area contributed by atoms with Crippen molar-refractivity contribution in [3.05, 3.63) is 12.2 Å². The van der Waals surface area contributed by atoms with Gasteiger partial charge in [-0.3, -0.25) is 0 Å². The predicted molar refractivity (Wildman–Crippen MR) is 102 cm³/mol. The topological polar surface area (TPSA) is 46.1 Å². The Balaban J connectivity index is 1.48. The van der Waals surface area contributed by atoms with Crippen LogP contribution in [0.5, 0.6) is 0 Å². The van der Waals surface area contributed by atoms with Gasteiger partial charge in [-0.2, -0.15) is 0 Å². The van der Waals surface area contributed by atoms with E-state index in [4.69, 9.17) is 14.5 Å². The highest BCUT2D eigenvalue weighted by molar-refractivity contribution is 5.83. The molecule has 1 N–H and O–H groups in total. The standard InChI is InChI=1S/C21H33N3O2/c1-3-18-8-4-5-11-21(26-18)14-17-10-9-16-13-20(12-6-7-15(2)25-20)22-19(23-21)24(16)17/h4,8,15-18H,3,5-7,9-14H2,1-2H3,(H,22,23)/t15-,16-,17+,18+,20-,21+/m0/s1. The molecule has 5 heterocycles. The number of guanidine groups is 1. The molecule has 3 saturated heterocycles. The average molecular weight is 360 g/mol. The first-order valence-corrected chi connectivity index (χ1v) is 10.8. The molecule has 5 heteroatoms. The molecular formula is C21H33N3O2. The molecule has 5 aliphatic rings. The normalized spacial score (nSPS) is 47.5. The summed E-state index contributed by atoms with van der Waals surface area (Å²) in [4.78, 5) is 7.83. The number of ether oxygens (including phenoxy) is 2. The first-order chi connectivity index (χ1) is 12.6. The van der Waals surface area contributed by atoms with Crippen molar-refractivity contribution < 1.29 is 9.47 Å². The van der Waals surface area contributed by atoms with Crippen molar-refractivity contribution >= 4 is 5.96 Å². The van der Waals surface area contributed by atoms with E-state index in [2.05, 4.69) is 36.2 Å². The molecule has 5 rings (SSSR count). The number of hydrogen-bond acceptors (Lipinski definition) is 5. The minimum atomic E-state index is -0.360. The van der Waals surface area contributed by atoms with Gasteiger partial charge in [0.1, 0.15) is 5.72 Å². The zero-order valence-corrected chi connectivity index (χ0v) is 16.2. The number of nitrogens with zero attached hydrogens (tertiary/aromatic N) is 2. The third kappa shape index (κ3) is 2.78. The lowest BCUT2D eigenvalue weighted by molar-refractivity contribution is -0.156. The van der Waals surface area contributed by atoms with Crippen LogP contribution >= 0.6 is 0 Å². The molecule has 3 fully saturated rings. The van der Waals surface area contributed by atoms with Crippen LogP contribution in [0.15, 0.2) is 17.1 Å². The molecule has 5 nitrogen and oxygen atoms in total. The van der Waals surface area contributed by atoms with Crippen molar-refractivity contribution in [2.75, 3.05) is 0 Å². The summed E-state index contributed by atoms with van der Waals surface area (Å²) in [5.74, 6) is 1.06. The number of hydrogen-bond donors (Lipinski definition) is 1. The van der Waals surface area contributed by atoms with Gasteiger partial charge in [-0.25, -0.2) is 4.99 Å². The second-order valence-corrected chi connectivity index (χ2v) is 9.05. The van der Waals surface area contributed by atoms with Gasteiger partial charge in [0, 0.05) is 31.3 Å². The Morgan fingerprint density at radius 2 is 2.04 bits per heavy atom. The number of rotatable bonds is 1. The first kappa shape index (κ1) is 17.1. The molecule has 2 spiro atoms. The fourth-order valence-corrected chi connectivity index (χ4v) is 5.91. The molecule has 0 saturated carbocycles. The van der Waals surface area contributed by atoms with E-state index in [0.717, 1.165) is 44.5 Å². The van der Waals surface area contributed by atoms with Gasteiger partial charge in [0.05, 0.1) is 12.2 Å². The van der Waals surface area contributed by atoms with Crippen LogP contribution in [0.4, 0.5) is 0 Å². The second-order valence-electron chi connectivity index (χ2n) is 9.05. The number of allylic oxidation sites excluding steroid dienone is 1. The molecule has 0 aromatic rings. The minimum Gasteiger partial charge on any atom is -0.353 e. The van der Waals surface area contributed by atoms with Crippen molar-refractivity contribution in [1.82, 2.24) is 10.2 Å². The maximum atomic E-state index is 6.60. The zero-order valence-electron chi connectivity index (χ0n) is 16.2. The molecule has 26 heavy (non-hydrogen) atoms. The van der Waals surface area contributed by atoms with Crippen LogP contribution in [0, 0.1) is 0 Å². The molecule has 0 aromatic heterocycles. The lowest BCUT2D eigenvalue weighted by Crippen LogP contribution is -2.68. The molecule has 0 radical (unpaired) electrons. The van der Waals surface area contributed by atoms with Gasteiger partial charge in [-0.05, 0) is 51.9 Å². The molecule has 144 valence electrons. The van der Waals surface area contributed by atoms with E-state index in [0.29, 0.717) is 18.2 Å². The van der Waals surface area contributed by atoms with E-state index in [1.54, 1.807) is 0 Å². The predicted octanol–water partition coefficient (Wildman–Crippen LogP) is 3.70. The first-order valence-electron chi connectivity index (χ1n) is 10.8. The van der Waals surface area contributed by atoms with Gasteiger partial charge in [0.2, 0.25) is 0 Å². The molecule has 5 aliphatic heterocycles. The fourth-order valence-electron chi connectivity index (χ4n) is 5.91.